The minimum Gasteiger partial charge on any atom is -0.491 e. The van der Waals surface area contributed by atoms with E-state index in [2.05, 4.69) is 5.32 Å². The molecule has 3 rings (SSSR count). The Balaban J connectivity index is 1.79. The van der Waals surface area contributed by atoms with Crippen LogP contribution in [0.15, 0.2) is 64.4 Å². The maximum atomic E-state index is 13.8. The number of benzene rings is 2. The first-order valence-electron chi connectivity index (χ1n) is 8.76. The molecule has 0 aliphatic carbocycles. The summed E-state index contributed by atoms with van der Waals surface area (Å²) in [6.07, 6.45) is 1.39. The van der Waals surface area contributed by atoms with E-state index < -0.39 is 17.5 Å². The number of ether oxygens (including phenoxy) is 1. The standard InChI is InChI=1S/C21H17F3N2O3S/c1-29-20-10-26(11-21(28)25-18-7-4-14(23)8-17(18)24)15(9-19(20)27)12-30-16-5-2-13(22)3-6-16/h2-10H,11-12H2,1H3,(H,25,28). The van der Waals surface area contributed by atoms with Gasteiger partial charge in [-0.15, -0.1) is 11.8 Å². The highest BCUT2D eigenvalue weighted by Crippen LogP contribution is 2.23. The highest BCUT2D eigenvalue weighted by atomic mass is 32.2. The van der Waals surface area contributed by atoms with Gasteiger partial charge in [0.25, 0.3) is 0 Å². The van der Waals surface area contributed by atoms with Crippen molar-refractivity contribution in [3.8, 4) is 5.75 Å². The van der Waals surface area contributed by atoms with Crippen LogP contribution in [0.5, 0.6) is 5.75 Å². The normalized spacial score (nSPS) is 10.7. The smallest absolute Gasteiger partial charge is 0.244 e. The molecular formula is C21H17F3N2O3S. The first kappa shape index (κ1) is 21.5. The number of amides is 1. The lowest BCUT2D eigenvalue weighted by molar-refractivity contribution is -0.116. The van der Waals surface area contributed by atoms with Crippen molar-refractivity contribution in [1.82, 2.24) is 4.57 Å². The molecule has 0 spiro atoms. The minimum absolute atomic E-state index is 0.0475. The maximum absolute atomic E-state index is 13.8. The molecule has 0 bridgehead atoms. The second-order valence-electron chi connectivity index (χ2n) is 6.24. The van der Waals surface area contributed by atoms with Crippen LogP contribution in [0.4, 0.5) is 18.9 Å². The largest absolute Gasteiger partial charge is 0.491 e. The van der Waals surface area contributed by atoms with Crippen molar-refractivity contribution in [2.75, 3.05) is 12.4 Å². The van der Waals surface area contributed by atoms with Crippen LogP contribution in [0.2, 0.25) is 0 Å². The van der Waals surface area contributed by atoms with E-state index in [9.17, 15) is 22.8 Å². The molecule has 0 radical (unpaired) electrons. The number of halogens is 3. The van der Waals surface area contributed by atoms with Crippen LogP contribution in [-0.2, 0) is 17.1 Å². The number of thioether (sulfide) groups is 1. The van der Waals surface area contributed by atoms with Crippen LogP contribution >= 0.6 is 11.8 Å². The van der Waals surface area contributed by atoms with Gasteiger partial charge in [-0.05, 0) is 36.4 Å². The number of pyridine rings is 1. The topological polar surface area (TPSA) is 60.3 Å². The summed E-state index contributed by atoms with van der Waals surface area (Å²) >= 11 is 1.35. The fourth-order valence-corrected chi connectivity index (χ4v) is 3.53. The van der Waals surface area contributed by atoms with Gasteiger partial charge < -0.3 is 14.6 Å². The highest BCUT2D eigenvalue weighted by Gasteiger charge is 2.13. The van der Waals surface area contributed by atoms with Gasteiger partial charge >= 0.3 is 0 Å². The van der Waals surface area contributed by atoms with E-state index in [0.29, 0.717) is 17.5 Å². The molecule has 5 nitrogen and oxygen atoms in total. The maximum Gasteiger partial charge on any atom is 0.244 e. The van der Waals surface area contributed by atoms with Crippen molar-refractivity contribution < 1.29 is 22.7 Å². The summed E-state index contributed by atoms with van der Waals surface area (Å²) in [6.45, 7) is -0.229. The average Bonchev–Trinajstić information content (AvgIpc) is 2.71. The monoisotopic (exact) mass is 434 g/mol. The van der Waals surface area contributed by atoms with Gasteiger partial charge in [0.05, 0.1) is 19.0 Å². The molecule has 0 unspecified atom stereocenters. The minimum atomic E-state index is -0.895. The third-order valence-corrected chi connectivity index (χ3v) is 5.17. The second kappa shape index (κ2) is 9.53. The number of anilines is 1. The van der Waals surface area contributed by atoms with Gasteiger partial charge in [0, 0.05) is 28.5 Å². The molecule has 1 heterocycles. The number of nitrogens with one attached hydrogen (secondary N) is 1. The van der Waals surface area contributed by atoms with Gasteiger partial charge in [-0.1, -0.05) is 0 Å². The third kappa shape index (κ3) is 5.44. The van der Waals surface area contributed by atoms with Crippen LogP contribution in [0, 0.1) is 17.5 Å². The predicted octanol–water partition coefficient (Wildman–Crippen LogP) is 4.21. The van der Waals surface area contributed by atoms with Gasteiger partial charge in [0.2, 0.25) is 11.3 Å². The number of methoxy groups -OCH3 is 1. The summed E-state index contributed by atoms with van der Waals surface area (Å²) in [5, 5.41) is 2.38. The molecule has 0 fully saturated rings. The molecule has 0 atom stereocenters. The van der Waals surface area contributed by atoms with Crippen molar-refractivity contribution in [2.24, 2.45) is 0 Å². The highest BCUT2D eigenvalue weighted by molar-refractivity contribution is 7.98. The first-order valence-corrected chi connectivity index (χ1v) is 9.75. The van der Waals surface area contributed by atoms with Crippen LogP contribution < -0.4 is 15.5 Å². The summed E-state index contributed by atoms with van der Waals surface area (Å²) in [4.78, 5) is 25.3. The van der Waals surface area contributed by atoms with Gasteiger partial charge in [-0.2, -0.15) is 0 Å². The van der Waals surface area contributed by atoms with Crippen molar-refractivity contribution >= 4 is 23.4 Å². The van der Waals surface area contributed by atoms with Crippen LogP contribution in [0.3, 0.4) is 0 Å². The van der Waals surface area contributed by atoms with Crippen molar-refractivity contribution in [3.63, 3.8) is 0 Å². The van der Waals surface area contributed by atoms with Crippen LogP contribution in [-0.4, -0.2) is 17.6 Å². The van der Waals surface area contributed by atoms with Crippen molar-refractivity contribution in [1.29, 1.82) is 0 Å². The molecule has 0 saturated heterocycles. The lowest BCUT2D eigenvalue weighted by Crippen LogP contribution is -2.23. The average molecular weight is 434 g/mol. The van der Waals surface area contributed by atoms with Crippen molar-refractivity contribution in [3.05, 3.63) is 88.1 Å². The number of hydrogen-bond donors (Lipinski definition) is 1. The number of carbonyl (C=O) groups excluding carboxylic acids is 1. The quantitative estimate of drug-likeness (QED) is 0.566. The van der Waals surface area contributed by atoms with Gasteiger partial charge in [-0.25, -0.2) is 13.2 Å². The Morgan fingerprint density at radius 2 is 1.77 bits per heavy atom. The fourth-order valence-electron chi connectivity index (χ4n) is 2.64. The molecule has 156 valence electrons. The SMILES string of the molecule is COc1cn(CC(=O)Nc2ccc(F)cc2F)c(CSc2ccc(F)cc2)cc1=O. The van der Waals surface area contributed by atoms with Gasteiger partial charge in [-0.3, -0.25) is 9.59 Å². The predicted molar refractivity (Wildman–Crippen MR) is 108 cm³/mol. The molecule has 2 aromatic carbocycles. The van der Waals surface area contributed by atoms with Gasteiger partial charge in [0.1, 0.15) is 24.0 Å². The molecule has 0 saturated carbocycles. The van der Waals surface area contributed by atoms with E-state index in [0.717, 1.165) is 17.0 Å². The Morgan fingerprint density at radius 3 is 2.43 bits per heavy atom. The summed E-state index contributed by atoms with van der Waals surface area (Å²) < 4.78 is 46.4. The van der Waals surface area contributed by atoms with Gasteiger partial charge in [0.15, 0.2) is 5.75 Å². The van der Waals surface area contributed by atoms with Crippen LogP contribution in [0.1, 0.15) is 5.69 Å². The molecular weight excluding hydrogens is 417 g/mol. The molecule has 0 aliphatic heterocycles. The number of hydrogen-bond acceptors (Lipinski definition) is 4. The summed E-state index contributed by atoms with van der Waals surface area (Å²) in [7, 11) is 1.34. The first-order chi connectivity index (χ1) is 14.4. The lowest BCUT2D eigenvalue weighted by Gasteiger charge is -2.15. The molecule has 30 heavy (non-hydrogen) atoms. The van der Waals surface area contributed by atoms with E-state index in [1.165, 1.54) is 47.8 Å². The molecule has 3 aromatic rings. The number of carbonyl (C=O) groups is 1. The Labute approximate surface area is 174 Å². The Morgan fingerprint density at radius 1 is 1.07 bits per heavy atom. The number of aromatic nitrogens is 1. The van der Waals surface area contributed by atoms with E-state index in [1.54, 1.807) is 12.1 Å². The Hall–Kier alpha value is -3.20. The van der Waals surface area contributed by atoms with Crippen LogP contribution in [0.25, 0.3) is 0 Å². The molecule has 1 N–H and O–H groups in total. The molecule has 9 heteroatoms. The summed E-state index contributed by atoms with van der Waals surface area (Å²) in [6, 6.07) is 10.0. The Bertz CT molecular complexity index is 1120. The fraction of sp³-hybridized carbons (Fsp3) is 0.143. The van der Waals surface area contributed by atoms with E-state index in [4.69, 9.17) is 4.74 Å². The zero-order valence-electron chi connectivity index (χ0n) is 15.8. The summed E-state index contributed by atoms with van der Waals surface area (Å²) in [5.74, 6) is -2.21. The zero-order chi connectivity index (χ0) is 21.7. The third-order valence-electron chi connectivity index (χ3n) is 4.12. The molecule has 0 aliphatic rings. The zero-order valence-corrected chi connectivity index (χ0v) is 16.6. The Kier molecular flexibility index (Phi) is 6.83. The van der Waals surface area contributed by atoms with E-state index >= 15 is 0 Å². The summed E-state index contributed by atoms with van der Waals surface area (Å²) in [5.41, 5.74) is 0.00921. The van der Waals surface area contributed by atoms with E-state index in [-0.39, 0.29) is 29.2 Å². The number of rotatable bonds is 7. The van der Waals surface area contributed by atoms with E-state index in [1.807, 2.05) is 0 Å². The second-order valence-corrected chi connectivity index (χ2v) is 7.29. The lowest BCUT2D eigenvalue weighted by atomic mass is 10.3. The molecule has 1 aromatic heterocycles. The number of nitrogens with zero attached hydrogens (tertiary/aromatic N) is 1. The molecule has 1 amide bonds. The van der Waals surface area contributed by atoms with Crippen molar-refractivity contribution in [2.45, 2.75) is 17.2 Å².